The molecule has 0 bridgehead atoms. The van der Waals surface area contributed by atoms with Gasteiger partial charge in [0.1, 0.15) is 35.0 Å². The maximum atomic E-state index is 14.1. The Bertz CT molecular complexity index is 1120. The van der Waals surface area contributed by atoms with Gasteiger partial charge in [0.05, 0.1) is 11.8 Å². The number of halogens is 2. The molecule has 0 saturated heterocycles. The molecule has 0 radical (unpaired) electrons. The lowest BCUT2D eigenvalue weighted by atomic mass is 10.0. The normalized spacial score (nSPS) is 11.8. The molecular weight excluding hydrogens is 354 g/mol. The van der Waals surface area contributed by atoms with E-state index in [1.165, 1.54) is 30.3 Å². The molecule has 2 aromatic carbocycles. The van der Waals surface area contributed by atoms with Gasteiger partial charge >= 0.3 is 0 Å². The minimum Gasteiger partial charge on any atom is -0.458 e. The maximum Gasteiger partial charge on any atom is 0.264 e. The number of hydrogen-bond acceptors (Lipinski definition) is 5. The minimum atomic E-state index is -3.81. The van der Waals surface area contributed by atoms with Crippen LogP contribution in [0.3, 0.4) is 0 Å². The van der Waals surface area contributed by atoms with Gasteiger partial charge in [0, 0.05) is 0 Å². The Morgan fingerprint density at radius 2 is 1.84 bits per heavy atom. The smallest absolute Gasteiger partial charge is 0.264 e. The van der Waals surface area contributed by atoms with E-state index in [4.69, 9.17) is 8.60 Å². The summed E-state index contributed by atoms with van der Waals surface area (Å²) < 4.78 is 60.3. The molecule has 130 valence electrons. The third-order valence-electron chi connectivity index (χ3n) is 3.46. The number of rotatable bonds is 4. The molecule has 3 rings (SSSR count). The van der Waals surface area contributed by atoms with Gasteiger partial charge in [0.25, 0.3) is 10.1 Å². The Morgan fingerprint density at radius 3 is 2.52 bits per heavy atom. The highest BCUT2D eigenvalue weighted by Gasteiger charge is 2.20. The first-order chi connectivity index (χ1) is 11.8. The van der Waals surface area contributed by atoms with Gasteiger partial charge in [-0.2, -0.15) is 8.42 Å². The van der Waals surface area contributed by atoms with Crippen molar-refractivity contribution in [2.45, 2.75) is 6.61 Å². The van der Waals surface area contributed by atoms with Crippen LogP contribution in [0, 0.1) is 11.6 Å². The van der Waals surface area contributed by atoms with Crippen molar-refractivity contribution in [2.75, 3.05) is 6.26 Å². The third kappa shape index (κ3) is 3.59. The van der Waals surface area contributed by atoms with E-state index >= 15 is 0 Å². The van der Waals surface area contributed by atoms with Crippen LogP contribution in [0.5, 0.6) is 0 Å². The first-order valence-corrected chi connectivity index (χ1v) is 8.92. The van der Waals surface area contributed by atoms with Crippen molar-refractivity contribution in [3.8, 4) is 11.1 Å². The molecule has 0 amide bonds. The van der Waals surface area contributed by atoms with E-state index in [-0.39, 0.29) is 27.9 Å². The molecule has 1 heterocycles. The van der Waals surface area contributed by atoms with Crippen LogP contribution in [-0.4, -0.2) is 14.7 Å². The molecule has 0 N–H and O–H groups in total. The molecule has 0 aliphatic rings. The van der Waals surface area contributed by atoms with E-state index in [0.717, 1.165) is 18.4 Å². The Morgan fingerprint density at radius 1 is 1.12 bits per heavy atom. The van der Waals surface area contributed by atoms with Crippen molar-refractivity contribution in [3.05, 3.63) is 70.1 Å². The lowest BCUT2D eigenvalue weighted by Crippen LogP contribution is -2.13. The highest BCUT2D eigenvalue weighted by atomic mass is 32.2. The van der Waals surface area contributed by atoms with Crippen LogP contribution in [0.15, 0.2) is 51.7 Å². The van der Waals surface area contributed by atoms with Crippen molar-refractivity contribution in [2.24, 2.45) is 0 Å². The monoisotopic (exact) mass is 366 g/mol. The third-order valence-corrected chi connectivity index (χ3v) is 4.00. The van der Waals surface area contributed by atoms with Gasteiger partial charge in [-0.05, 0) is 29.8 Å². The summed E-state index contributed by atoms with van der Waals surface area (Å²) in [5, 5.41) is -0.301. The summed E-state index contributed by atoms with van der Waals surface area (Å²) in [4.78, 5) is 12.8. The number of benzene rings is 2. The molecule has 1 aromatic heterocycles. The van der Waals surface area contributed by atoms with Crippen LogP contribution in [0.25, 0.3) is 22.1 Å². The van der Waals surface area contributed by atoms with Crippen LogP contribution in [0.2, 0.25) is 0 Å². The largest absolute Gasteiger partial charge is 0.458 e. The molecule has 5 nitrogen and oxygen atoms in total. The molecule has 0 fully saturated rings. The highest BCUT2D eigenvalue weighted by Crippen LogP contribution is 2.27. The maximum absolute atomic E-state index is 14.1. The minimum absolute atomic E-state index is 0.0581. The van der Waals surface area contributed by atoms with Crippen molar-refractivity contribution in [3.63, 3.8) is 0 Å². The first kappa shape index (κ1) is 17.2. The first-order valence-electron chi connectivity index (χ1n) is 7.11. The highest BCUT2D eigenvalue weighted by molar-refractivity contribution is 7.85. The summed E-state index contributed by atoms with van der Waals surface area (Å²) in [6.45, 7) is -0.577. The van der Waals surface area contributed by atoms with E-state index in [0.29, 0.717) is 0 Å². The molecule has 25 heavy (non-hydrogen) atoms. The van der Waals surface area contributed by atoms with Gasteiger partial charge in [-0.3, -0.25) is 8.98 Å². The van der Waals surface area contributed by atoms with E-state index in [9.17, 15) is 22.0 Å². The zero-order valence-electron chi connectivity index (χ0n) is 13.0. The lowest BCUT2D eigenvalue weighted by Gasteiger charge is -2.10. The quantitative estimate of drug-likeness (QED) is 0.663. The van der Waals surface area contributed by atoms with E-state index < -0.39 is 33.8 Å². The SMILES string of the molecule is CS(=O)(=O)OCc1oc2cccc(F)c2c(=O)c1-c1cccc(F)c1. The summed E-state index contributed by atoms with van der Waals surface area (Å²) >= 11 is 0. The molecule has 8 heteroatoms. The molecule has 0 aliphatic heterocycles. The van der Waals surface area contributed by atoms with Gasteiger partial charge in [0.15, 0.2) is 0 Å². The fraction of sp³-hybridized carbons (Fsp3) is 0.118. The Labute approximate surface area is 141 Å². The second kappa shape index (κ2) is 6.38. The van der Waals surface area contributed by atoms with E-state index in [1.807, 2.05) is 0 Å². The van der Waals surface area contributed by atoms with Crippen molar-refractivity contribution in [1.82, 2.24) is 0 Å². The lowest BCUT2D eigenvalue weighted by molar-refractivity contribution is 0.280. The van der Waals surface area contributed by atoms with Gasteiger partial charge in [-0.15, -0.1) is 0 Å². The molecule has 0 saturated carbocycles. The Kier molecular flexibility index (Phi) is 4.40. The Balaban J connectivity index is 2.32. The van der Waals surface area contributed by atoms with Crippen LogP contribution in [0.1, 0.15) is 5.76 Å². The molecule has 3 aromatic rings. The summed E-state index contributed by atoms with van der Waals surface area (Å²) in [5.41, 5.74) is -0.818. The molecule has 0 atom stereocenters. The van der Waals surface area contributed by atoms with Gasteiger partial charge in [-0.1, -0.05) is 18.2 Å². The number of fused-ring (bicyclic) bond motifs is 1. The average molecular weight is 366 g/mol. The summed E-state index contributed by atoms with van der Waals surface area (Å²) in [6.07, 6.45) is 0.841. The predicted molar refractivity (Wildman–Crippen MR) is 87.5 cm³/mol. The zero-order chi connectivity index (χ0) is 18.2. The molecule has 0 spiro atoms. The average Bonchev–Trinajstić information content (AvgIpc) is 2.52. The van der Waals surface area contributed by atoms with Crippen LogP contribution in [0.4, 0.5) is 8.78 Å². The van der Waals surface area contributed by atoms with Crippen LogP contribution in [-0.2, 0) is 20.9 Å². The molecular formula is C17H12F2O5S. The number of hydrogen-bond donors (Lipinski definition) is 0. The van der Waals surface area contributed by atoms with Crippen molar-refractivity contribution >= 4 is 21.1 Å². The predicted octanol–water partition coefficient (Wildman–Crippen LogP) is 3.21. The summed E-state index contributed by atoms with van der Waals surface area (Å²) in [5.74, 6) is -1.54. The van der Waals surface area contributed by atoms with Gasteiger partial charge in [0.2, 0.25) is 5.43 Å². The standard InChI is InChI=1S/C17H12F2O5S/c1-25(21,22)23-9-14-15(10-4-2-5-11(18)8-10)17(20)16-12(19)6-3-7-13(16)24-14/h2-8H,9H2,1H3. The van der Waals surface area contributed by atoms with E-state index in [1.54, 1.807) is 0 Å². The second-order valence-electron chi connectivity index (χ2n) is 5.32. The van der Waals surface area contributed by atoms with Gasteiger partial charge in [-0.25, -0.2) is 8.78 Å². The van der Waals surface area contributed by atoms with Crippen LogP contribution < -0.4 is 5.43 Å². The fourth-order valence-corrected chi connectivity index (χ4v) is 2.76. The van der Waals surface area contributed by atoms with Gasteiger partial charge < -0.3 is 4.42 Å². The topological polar surface area (TPSA) is 73.6 Å². The summed E-state index contributed by atoms with van der Waals surface area (Å²) in [7, 11) is -3.81. The van der Waals surface area contributed by atoms with E-state index in [2.05, 4.69) is 0 Å². The fourth-order valence-electron chi connectivity index (χ4n) is 2.44. The van der Waals surface area contributed by atoms with Crippen molar-refractivity contribution in [1.29, 1.82) is 0 Å². The zero-order valence-corrected chi connectivity index (χ0v) is 13.8. The summed E-state index contributed by atoms with van der Waals surface area (Å²) in [6, 6.07) is 8.88. The Hall–Kier alpha value is -2.58. The molecule has 0 aliphatic carbocycles. The second-order valence-corrected chi connectivity index (χ2v) is 6.96. The van der Waals surface area contributed by atoms with Crippen LogP contribution >= 0.6 is 0 Å². The van der Waals surface area contributed by atoms with Crippen molar-refractivity contribution < 1.29 is 25.8 Å². The molecule has 0 unspecified atom stereocenters.